The number of para-hydroxylation sites is 1. The van der Waals surface area contributed by atoms with Crippen LogP contribution in [0.5, 0.6) is 0 Å². The van der Waals surface area contributed by atoms with Gasteiger partial charge in [0.1, 0.15) is 17.1 Å². The van der Waals surface area contributed by atoms with Crippen LogP contribution in [-0.4, -0.2) is 17.0 Å². The van der Waals surface area contributed by atoms with Crippen LogP contribution < -0.4 is 10.5 Å². The van der Waals surface area contributed by atoms with Crippen LogP contribution in [0.25, 0.3) is 21.9 Å². The molecule has 0 aliphatic rings. The summed E-state index contributed by atoms with van der Waals surface area (Å²) in [6.45, 7) is 2.44. The van der Waals surface area contributed by atoms with Gasteiger partial charge in [-0.1, -0.05) is 19.1 Å². The quantitative estimate of drug-likeness (QED) is 0.492. The lowest BCUT2D eigenvalue weighted by Crippen LogP contribution is -2.32. The molecule has 0 unspecified atom stereocenters. The Kier molecular flexibility index (Phi) is 4.47. The maximum atomic E-state index is 13.3. The molecule has 0 bridgehead atoms. The van der Waals surface area contributed by atoms with Crippen LogP contribution in [0.1, 0.15) is 23.8 Å². The van der Waals surface area contributed by atoms with Gasteiger partial charge in [0.05, 0.1) is 10.9 Å². The Bertz CT molecular complexity index is 1240. The molecule has 2 aromatic carbocycles. The van der Waals surface area contributed by atoms with E-state index in [0.717, 1.165) is 11.8 Å². The van der Waals surface area contributed by atoms with Gasteiger partial charge in [-0.2, -0.15) is 0 Å². The average molecular weight is 378 g/mol. The van der Waals surface area contributed by atoms with Crippen molar-refractivity contribution in [2.75, 3.05) is 11.4 Å². The first kappa shape index (κ1) is 18.0. The summed E-state index contributed by atoms with van der Waals surface area (Å²) in [5.74, 6) is -0.614. The standard InChI is InChI=1S/C22H19FN2O3/c1-3-12-25(15-10-8-14(23)9-11-15)21(26)18-13-17-20(24(18)2)16-6-4-5-7-19(16)28-22(17)27/h4-11,13H,3,12H2,1-2H3. The minimum absolute atomic E-state index is 0.254. The summed E-state index contributed by atoms with van der Waals surface area (Å²) in [5, 5.41) is 1.13. The minimum atomic E-state index is -0.479. The molecule has 0 N–H and O–H groups in total. The molecule has 142 valence electrons. The van der Waals surface area contributed by atoms with Crippen molar-refractivity contribution >= 4 is 33.5 Å². The van der Waals surface area contributed by atoms with Gasteiger partial charge in [0, 0.05) is 24.7 Å². The third-order valence-corrected chi connectivity index (χ3v) is 4.85. The molecule has 0 aliphatic heterocycles. The summed E-state index contributed by atoms with van der Waals surface area (Å²) < 4.78 is 20.4. The third kappa shape index (κ3) is 2.87. The van der Waals surface area contributed by atoms with Crippen molar-refractivity contribution in [1.82, 2.24) is 4.57 Å². The second-order valence-corrected chi connectivity index (χ2v) is 6.67. The number of carbonyl (C=O) groups is 1. The SMILES string of the molecule is CCCN(C(=O)c1cc2c(=O)oc3ccccc3c2n1C)c1ccc(F)cc1. The number of halogens is 1. The van der Waals surface area contributed by atoms with Gasteiger partial charge < -0.3 is 13.9 Å². The molecule has 2 heterocycles. The fourth-order valence-corrected chi connectivity index (χ4v) is 3.53. The second kappa shape index (κ2) is 6.96. The lowest BCUT2D eigenvalue weighted by Gasteiger charge is -2.22. The molecule has 0 spiro atoms. The molecule has 1 amide bonds. The van der Waals surface area contributed by atoms with Crippen LogP contribution in [0.3, 0.4) is 0 Å². The topological polar surface area (TPSA) is 55.5 Å². The lowest BCUT2D eigenvalue weighted by molar-refractivity contribution is 0.0979. The van der Waals surface area contributed by atoms with E-state index < -0.39 is 5.63 Å². The summed E-state index contributed by atoms with van der Waals surface area (Å²) >= 11 is 0. The van der Waals surface area contributed by atoms with Crippen molar-refractivity contribution in [2.24, 2.45) is 7.05 Å². The molecular formula is C22H19FN2O3. The molecule has 2 aromatic heterocycles. The van der Waals surface area contributed by atoms with Crippen molar-refractivity contribution < 1.29 is 13.6 Å². The predicted molar refractivity (Wildman–Crippen MR) is 107 cm³/mol. The Morgan fingerprint density at radius 2 is 1.82 bits per heavy atom. The number of rotatable bonds is 4. The van der Waals surface area contributed by atoms with Gasteiger partial charge in [-0.3, -0.25) is 4.79 Å². The van der Waals surface area contributed by atoms with Crippen LogP contribution in [0.4, 0.5) is 10.1 Å². The number of aromatic nitrogens is 1. The molecule has 0 saturated carbocycles. The number of amides is 1. The molecule has 0 aliphatic carbocycles. The van der Waals surface area contributed by atoms with E-state index in [-0.39, 0.29) is 11.7 Å². The molecule has 6 heteroatoms. The van der Waals surface area contributed by atoms with Gasteiger partial charge in [-0.25, -0.2) is 9.18 Å². The summed E-state index contributed by atoms with van der Waals surface area (Å²) in [6.07, 6.45) is 0.734. The summed E-state index contributed by atoms with van der Waals surface area (Å²) in [7, 11) is 1.76. The Hall–Kier alpha value is -3.41. The van der Waals surface area contributed by atoms with E-state index in [1.54, 1.807) is 46.8 Å². The largest absolute Gasteiger partial charge is 0.422 e. The fraction of sp³-hybridized carbons (Fsp3) is 0.182. The van der Waals surface area contributed by atoms with E-state index in [1.165, 1.54) is 12.1 Å². The zero-order valence-corrected chi connectivity index (χ0v) is 15.6. The van der Waals surface area contributed by atoms with Gasteiger partial charge in [-0.15, -0.1) is 0 Å². The Morgan fingerprint density at radius 1 is 1.11 bits per heavy atom. The van der Waals surface area contributed by atoms with E-state index >= 15 is 0 Å². The first-order valence-corrected chi connectivity index (χ1v) is 9.10. The first-order valence-electron chi connectivity index (χ1n) is 9.10. The van der Waals surface area contributed by atoms with Gasteiger partial charge in [0.2, 0.25) is 0 Å². The molecule has 28 heavy (non-hydrogen) atoms. The van der Waals surface area contributed by atoms with Gasteiger partial charge >= 0.3 is 5.63 Å². The molecule has 0 saturated heterocycles. The monoisotopic (exact) mass is 378 g/mol. The number of benzene rings is 2. The van der Waals surface area contributed by atoms with Crippen LogP contribution in [0.2, 0.25) is 0 Å². The number of fused-ring (bicyclic) bond motifs is 3. The molecule has 0 atom stereocenters. The number of anilines is 1. The van der Waals surface area contributed by atoms with Crippen LogP contribution in [0.15, 0.2) is 63.8 Å². The smallest absolute Gasteiger partial charge is 0.345 e. The maximum Gasteiger partial charge on any atom is 0.345 e. The van der Waals surface area contributed by atoms with E-state index in [4.69, 9.17) is 4.42 Å². The molecule has 0 fully saturated rings. The third-order valence-electron chi connectivity index (χ3n) is 4.85. The molecule has 5 nitrogen and oxygen atoms in total. The highest BCUT2D eigenvalue weighted by molar-refractivity contribution is 6.11. The van der Waals surface area contributed by atoms with Crippen molar-refractivity contribution in [1.29, 1.82) is 0 Å². The van der Waals surface area contributed by atoms with Crippen molar-refractivity contribution in [3.63, 3.8) is 0 Å². The fourth-order valence-electron chi connectivity index (χ4n) is 3.53. The van der Waals surface area contributed by atoms with Crippen molar-refractivity contribution in [3.8, 4) is 0 Å². The zero-order chi connectivity index (χ0) is 19.8. The summed E-state index contributed by atoms with van der Waals surface area (Å²) in [6, 6.07) is 14.6. The van der Waals surface area contributed by atoms with Crippen molar-refractivity contribution in [3.05, 3.63) is 76.5 Å². The number of hydrogen-bond acceptors (Lipinski definition) is 3. The lowest BCUT2D eigenvalue weighted by atomic mass is 10.2. The zero-order valence-electron chi connectivity index (χ0n) is 15.6. The Labute approximate surface area is 160 Å². The van der Waals surface area contributed by atoms with Crippen LogP contribution >= 0.6 is 0 Å². The second-order valence-electron chi connectivity index (χ2n) is 6.67. The molecule has 4 rings (SSSR count). The van der Waals surface area contributed by atoms with Crippen LogP contribution in [-0.2, 0) is 7.05 Å². The van der Waals surface area contributed by atoms with Gasteiger partial charge in [-0.05, 0) is 48.9 Å². The van der Waals surface area contributed by atoms with Gasteiger partial charge in [0.15, 0.2) is 0 Å². The first-order chi connectivity index (χ1) is 13.5. The summed E-state index contributed by atoms with van der Waals surface area (Å²) in [4.78, 5) is 27.4. The normalized spacial score (nSPS) is 11.2. The van der Waals surface area contributed by atoms with Crippen molar-refractivity contribution in [2.45, 2.75) is 13.3 Å². The number of nitrogens with zero attached hydrogens (tertiary/aromatic N) is 2. The Balaban J connectivity index is 1.90. The molecular weight excluding hydrogens is 359 g/mol. The highest BCUT2D eigenvalue weighted by Gasteiger charge is 2.23. The Morgan fingerprint density at radius 3 is 2.54 bits per heavy atom. The molecule has 4 aromatic rings. The maximum absolute atomic E-state index is 13.3. The highest BCUT2D eigenvalue weighted by atomic mass is 19.1. The number of carbonyl (C=O) groups excluding carboxylic acids is 1. The van der Waals surface area contributed by atoms with E-state index in [0.29, 0.717) is 34.4 Å². The minimum Gasteiger partial charge on any atom is -0.422 e. The van der Waals surface area contributed by atoms with Gasteiger partial charge in [0.25, 0.3) is 5.91 Å². The van der Waals surface area contributed by atoms with E-state index in [2.05, 4.69) is 0 Å². The number of hydrogen-bond donors (Lipinski definition) is 0. The number of aryl methyl sites for hydroxylation is 1. The summed E-state index contributed by atoms with van der Waals surface area (Å²) in [5.41, 5.74) is 1.63. The highest BCUT2D eigenvalue weighted by Crippen LogP contribution is 2.27. The predicted octanol–water partition coefficient (Wildman–Crippen LogP) is 4.48. The van der Waals surface area contributed by atoms with Crippen LogP contribution in [0, 0.1) is 5.82 Å². The van der Waals surface area contributed by atoms with E-state index in [9.17, 15) is 14.0 Å². The average Bonchev–Trinajstić information content (AvgIpc) is 3.05. The van der Waals surface area contributed by atoms with E-state index in [1.807, 2.05) is 19.1 Å². The molecule has 0 radical (unpaired) electrons.